The average molecular weight is 509 g/mol. The average Bonchev–Trinajstić information content (AvgIpc) is 3.49. The van der Waals surface area contributed by atoms with E-state index in [2.05, 4.69) is 10.1 Å². The normalized spacial score (nSPS) is 11.9. The third-order valence-electron chi connectivity index (χ3n) is 6.22. The third-order valence-corrected chi connectivity index (χ3v) is 6.22. The summed E-state index contributed by atoms with van der Waals surface area (Å²) in [5.41, 5.74) is 2.65. The summed E-state index contributed by atoms with van der Waals surface area (Å²) in [7, 11) is 3.16. The van der Waals surface area contributed by atoms with E-state index in [0.717, 1.165) is 23.5 Å². The Morgan fingerprint density at radius 1 is 0.946 bits per heavy atom. The molecular formula is C26H22F3N5O3. The first-order chi connectivity index (χ1) is 17.4. The summed E-state index contributed by atoms with van der Waals surface area (Å²) >= 11 is 0. The first-order valence-corrected chi connectivity index (χ1v) is 11.2. The lowest BCUT2D eigenvalue weighted by molar-refractivity contribution is -0.212. The molecule has 37 heavy (non-hydrogen) atoms. The molecule has 4 aromatic heterocycles. The van der Waals surface area contributed by atoms with Crippen molar-refractivity contribution in [3.63, 3.8) is 0 Å². The van der Waals surface area contributed by atoms with Crippen molar-refractivity contribution in [2.24, 2.45) is 14.1 Å². The second-order valence-corrected chi connectivity index (χ2v) is 8.90. The molecule has 11 heteroatoms. The SMILES string of the molecule is Cc1cccc(C)c1Oc1cn(C)c(=O)cc1-c1cn(C)c(=O)c2[nH]c(-c3cnn(C(F)(F)F)c3)cc12. The lowest BCUT2D eigenvalue weighted by Crippen LogP contribution is -2.18. The lowest BCUT2D eigenvalue weighted by atomic mass is 10.0. The Bertz CT molecular complexity index is 1770. The molecule has 8 nitrogen and oxygen atoms in total. The quantitative estimate of drug-likeness (QED) is 0.370. The van der Waals surface area contributed by atoms with Gasteiger partial charge in [0, 0.05) is 60.3 Å². The number of aromatic nitrogens is 5. The zero-order valence-corrected chi connectivity index (χ0v) is 20.3. The van der Waals surface area contributed by atoms with E-state index in [4.69, 9.17) is 4.74 Å². The fourth-order valence-electron chi connectivity index (χ4n) is 4.27. The van der Waals surface area contributed by atoms with Crippen LogP contribution >= 0.6 is 0 Å². The molecule has 0 aliphatic heterocycles. The van der Waals surface area contributed by atoms with E-state index in [-0.39, 0.29) is 32.6 Å². The Morgan fingerprint density at radius 3 is 2.30 bits per heavy atom. The van der Waals surface area contributed by atoms with Gasteiger partial charge in [0.1, 0.15) is 11.3 Å². The van der Waals surface area contributed by atoms with E-state index >= 15 is 0 Å². The monoisotopic (exact) mass is 509 g/mol. The second kappa shape index (κ2) is 8.54. The van der Waals surface area contributed by atoms with Crippen LogP contribution in [0, 0.1) is 13.8 Å². The molecule has 0 amide bonds. The molecule has 0 aliphatic rings. The van der Waals surface area contributed by atoms with E-state index < -0.39 is 6.30 Å². The predicted octanol–water partition coefficient (Wildman–Crippen LogP) is 4.98. The fourth-order valence-corrected chi connectivity index (χ4v) is 4.27. The van der Waals surface area contributed by atoms with E-state index in [1.54, 1.807) is 32.6 Å². The molecule has 0 bridgehead atoms. The van der Waals surface area contributed by atoms with Crippen LogP contribution in [0.2, 0.25) is 0 Å². The van der Waals surface area contributed by atoms with Crippen LogP contribution in [0.15, 0.2) is 64.7 Å². The van der Waals surface area contributed by atoms with Crippen molar-refractivity contribution in [2.45, 2.75) is 20.1 Å². The summed E-state index contributed by atoms with van der Waals surface area (Å²) in [4.78, 5) is 28.5. The van der Waals surface area contributed by atoms with Crippen molar-refractivity contribution in [3.8, 4) is 33.9 Å². The maximum atomic E-state index is 13.1. The Kier molecular flexibility index (Phi) is 5.58. The zero-order valence-electron chi connectivity index (χ0n) is 20.3. The van der Waals surface area contributed by atoms with Gasteiger partial charge in [-0.1, -0.05) is 18.2 Å². The molecule has 190 valence electrons. The number of benzene rings is 1. The zero-order chi connectivity index (χ0) is 26.6. The van der Waals surface area contributed by atoms with Crippen LogP contribution in [0.25, 0.3) is 33.3 Å². The molecule has 0 fully saturated rings. The number of rotatable bonds is 4. The highest BCUT2D eigenvalue weighted by Gasteiger charge is 2.32. The summed E-state index contributed by atoms with van der Waals surface area (Å²) in [5.74, 6) is 1.02. The number of fused-ring (bicyclic) bond motifs is 1. The van der Waals surface area contributed by atoms with Gasteiger partial charge in [0.25, 0.3) is 11.1 Å². The van der Waals surface area contributed by atoms with Crippen molar-refractivity contribution in [1.29, 1.82) is 0 Å². The van der Waals surface area contributed by atoms with Crippen LogP contribution in [0.1, 0.15) is 11.1 Å². The first-order valence-electron chi connectivity index (χ1n) is 11.2. The molecule has 5 rings (SSSR count). The highest BCUT2D eigenvalue weighted by atomic mass is 19.4. The molecule has 1 aromatic carbocycles. The smallest absolute Gasteiger partial charge is 0.455 e. The third kappa shape index (κ3) is 4.22. The Morgan fingerprint density at radius 2 is 1.65 bits per heavy atom. The van der Waals surface area contributed by atoms with Crippen molar-refractivity contribution < 1.29 is 17.9 Å². The Labute approximate surface area is 208 Å². The number of pyridine rings is 2. The number of hydrogen-bond donors (Lipinski definition) is 1. The molecule has 0 saturated carbocycles. The van der Waals surface area contributed by atoms with Gasteiger partial charge in [-0.25, -0.2) is 0 Å². The van der Waals surface area contributed by atoms with Gasteiger partial charge < -0.3 is 18.9 Å². The summed E-state index contributed by atoms with van der Waals surface area (Å²) in [6.45, 7) is 3.82. The van der Waals surface area contributed by atoms with E-state index in [9.17, 15) is 22.8 Å². The van der Waals surface area contributed by atoms with Gasteiger partial charge in [-0.2, -0.15) is 9.78 Å². The molecule has 0 radical (unpaired) electrons. The topological polar surface area (TPSA) is 86.8 Å². The van der Waals surface area contributed by atoms with Crippen molar-refractivity contribution in [3.05, 3.63) is 87.0 Å². The molecular weight excluding hydrogens is 487 g/mol. The van der Waals surface area contributed by atoms with Gasteiger partial charge in [-0.15, -0.1) is 13.2 Å². The minimum absolute atomic E-state index is 0.107. The largest absolute Gasteiger partial charge is 0.504 e. The first kappa shape index (κ1) is 24.2. The van der Waals surface area contributed by atoms with Gasteiger partial charge in [0.2, 0.25) is 0 Å². The summed E-state index contributed by atoms with van der Waals surface area (Å²) in [5, 5.41) is 3.81. The molecule has 5 aromatic rings. The van der Waals surface area contributed by atoms with Gasteiger partial charge in [-0.3, -0.25) is 9.59 Å². The second-order valence-electron chi connectivity index (χ2n) is 8.90. The molecule has 0 aliphatic carbocycles. The maximum absolute atomic E-state index is 13.1. The predicted molar refractivity (Wildman–Crippen MR) is 133 cm³/mol. The van der Waals surface area contributed by atoms with Gasteiger partial charge in [0.15, 0.2) is 5.75 Å². The fraction of sp³-hybridized carbons (Fsp3) is 0.192. The van der Waals surface area contributed by atoms with Crippen LogP contribution in [-0.2, 0) is 20.4 Å². The maximum Gasteiger partial charge on any atom is 0.504 e. The Balaban J connectivity index is 1.74. The molecule has 0 spiro atoms. The van der Waals surface area contributed by atoms with Crippen LogP contribution in [-0.4, -0.2) is 23.9 Å². The van der Waals surface area contributed by atoms with Crippen molar-refractivity contribution in [1.82, 2.24) is 23.9 Å². The highest BCUT2D eigenvalue weighted by molar-refractivity contribution is 5.98. The summed E-state index contributed by atoms with van der Waals surface area (Å²) < 4.78 is 48.1. The number of ether oxygens (including phenoxy) is 1. The van der Waals surface area contributed by atoms with Crippen molar-refractivity contribution in [2.75, 3.05) is 0 Å². The van der Waals surface area contributed by atoms with Gasteiger partial charge in [-0.05, 0) is 31.0 Å². The van der Waals surface area contributed by atoms with Crippen LogP contribution in [0.3, 0.4) is 0 Å². The molecule has 0 atom stereocenters. The summed E-state index contributed by atoms with van der Waals surface area (Å²) in [6, 6.07) is 8.72. The van der Waals surface area contributed by atoms with Gasteiger partial charge >= 0.3 is 6.30 Å². The number of halogens is 3. The number of aryl methyl sites for hydroxylation is 4. The number of hydrogen-bond acceptors (Lipinski definition) is 4. The van der Waals surface area contributed by atoms with E-state index in [1.165, 1.54) is 15.2 Å². The minimum atomic E-state index is -4.67. The molecule has 0 saturated heterocycles. The number of nitrogens with zero attached hydrogens (tertiary/aromatic N) is 4. The Hall–Kier alpha value is -4.54. The molecule has 0 unspecified atom stereocenters. The van der Waals surface area contributed by atoms with E-state index in [1.807, 2.05) is 32.0 Å². The number of nitrogens with one attached hydrogen (secondary N) is 1. The van der Waals surface area contributed by atoms with E-state index in [0.29, 0.717) is 28.0 Å². The van der Waals surface area contributed by atoms with Crippen LogP contribution in [0.4, 0.5) is 13.2 Å². The van der Waals surface area contributed by atoms with Crippen LogP contribution in [0.5, 0.6) is 11.5 Å². The number of H-pyrrole nitrogens is 1. The minimum Gasteiger partial charge on any atom is -0.455 e. The lowest BCUT2D eigenvalue weighted by Gasteiger charge is -2.17. The summed E-state index contributed by atoms with van der Waals surface area (Å²) in [6.07, 6.45) is 0.378. The van der Waals surface area contributed by atoms with Gasteiger partial charge in [0.05, 0.1) is 12.4 Å². The molecule has 4 heterocycles. The number of para-hydroxylation sites is 1. The highest BCUT2D eigenvalue weighted by Crippen LogP contribution is 2.38. The molecule has 1 N–H and O–H groups in total. The standard InChI is InChI=1S/C26H22F3N5O3/c1-14-6-5-7-15(2)24(14)37-21-13-32(3)22(35)9-17(21)19-12-33(4)25(36)23-18(19)8-20(31-23)16-10-30-34(11-16)26(27,28)29/h5-13,31H,1-4H3. The van der Waals surface area contributed by atoms with Crippen molar-refractivity contribution >= 4 is 10.9 Å². The number of alkyl halides is 3. The number of aromatic amines is 1. The van der Waals surface area contributed by atoms with Crippen LogP contribution < -0.4 is 15.9 Å².